The van der Waals surface area contributed by atoms with Gasteiger partial charge in [-0.3, -0.25) is 4.79 Å². The van der Waals surface area contributed by atoms with Crippen LogP contribution in [0.2, 0.25) is 5.02 Å². The molecule has 5 nitrogen and oxygen atoms in total. The smallest absolute Gasteiger partial charge is 0.234 e. The van der Waals surface area contributed by atoms with Crippen LogP contribution in [0.5, 0.6) is 0 Å². The number of carbonyl (C=O) groups is 1. The van der Waals surface area contributed by atoms with Crippen molar-refractivity contribution in [1.29, 1.82) is 0 Å². The molecule has 1 amide bonds. The van der Waals surface area contributed by atoms with Crippen molar-refractivity contribution in [3.8, 4) is 0 Å². The van der Waals surface area contributed by atoms with Gasteiger partial charge in [-0.25, -0.2) is 4.39 Å². The third-order valence-electron chi connectivity index (χ3n) is 4.08. The van der Waals surface area contributed by atoms with Crippen LogP contribution in [0.4, 0.5) is 10.1 Å². The third-order valence-corrected chi connectivity index (χ3v) is 5.26. The number of anilines is 1. The number of rotatable bonds is 6. The summed E-state index contributed by atoms with van der Waals surface area (Å²) in [6, 6.07) is 4.55. The molecule has 0 atom stereocenters. The highest BCUT2D eigenvalue weighted by Gasteiger charge is 2.36. The monoisotopic (exact) mass is 366 g/mol. The van der Waals surface area contributed by atoms with Crippen molar-refractivity contribution < 1.29 is 9.18 Å². The van der Waals surface area contributed by atoms with Crippen LogP contribution in [0, 0.1) is 5.82 Å². The lowest BCUT2D eigenvalue weighted by Crippen LogP contribution is -2.15. The molecule has 0 bridgehead atoms. The molecule has 0 aliphatic heterocycles. The Balaban J connectivity index is 1.41. The first-order valence-electron chi connectivity index (χ1n) is 7.94. The van der Waals surface area contributed by atoms with Gasteiger partial charge in [0.25, 0.3) is 0 Å². The normalized spacial score (nSPS) is 17.1. The van der Waals surface area contributed by atoms with Crippen molar-refractivity contribution in [1.82, 2.24) is 14.8 Å². The third kappa shape index (κ3) is 3.42. The average molecular weight is 367 g/mol. The van der Waals surface area contributed by atoms with Crippen LogP contribution in [0.15, 0.2) is 23.4 Å². The van der Waals surface area contributed by atoms with E-state index in [1.165, 1.54) is 42.8 Å². The van der Waals surface area contributed by atoms with E-state index in [-0.39, 0.29) is 17.3 Å². The maximum Gasteiger partial charge on any atom is 0.234 e. The van der Waals surface area contributed by atoms with E-state index in [1.807, 2.05) is 0 Å². The zero-order chi connectivity index (χ0) is 16.7. The molecule has 8 heteroatoms. The van der Waals surface area contributed by atoms with Gasteiger partial charge in [-0.15, -0.1) is 10.2 Å². The van der Waals surface area contributed by atoms with E-state index in [1.54, 1.807) is 0 Å². The van der Waals surface area contributed by atoms with Crippen LogP contribution in [-0.2, 0) is 4.79 Å². The van der Waals surface area contributed by atoms with Gasteiger partial charge in [-0.1, -0.05) is 23.4 Å². The summed E-state index contributed by atoms with van der Waals surface area (Å²) in [6.45, 7) is 0. The molecule has 2 aliphatic rings. The number of benzene rings is 1. The number of amides is 1. The summed E-state index contributed by atoms with van der Waals surface area (Å²) in [4.78, 5) is 12.1. The van der Waals surface area contributed by atoms with E-state index in [4.69, 9.17) is 11.6 Å². The molecule has 0 saturated heterocycles. The lowest BCUT2D eigenvalue weighted by Gasteiger charge is -2.09. The van der Waals surface area contributed by atoms with Crippen LogP contribution in [0.25, 0.3) is 0 Å². The first kappa shape index (κ1) is 15.9. The molecule has 24 heavy (non-hydrogen) atoms. The lowest BCUT2D eigenvalue weighted by atomic mass is 10.3. The number of halogens is 2. The molecule has 0 unspecified atom stereocenters. The van der Waals surface area contributed by atoms with Gasteiger partial charge < -0.3 is 9.88 Å². The molecule has 2 aromatic rings. The van der Waals surface area contributed by atoms with Gasteiger partial charge in [0.2, 0.25) is 5.91 Å². The summed E-state index contributed by atoms with van der Waals surface area (Å²) in [6.07, 6.45) is 4.63. The molecule has 1 heterocycles. The van der Waals surface area contributed by atoms with Crippen LogP contribution in [-0.4, -0.2) is 26.4 Å². The maximum absolute atomic E-state index is 13.7. The van der Waals surface area contributed by atoms with Crippen molar-refractivity contribution in [2.24, 2.45) is 0 Å². The van der Waals surface area contributed by atoms with Crippen molar-refractivity contribution in [3.05, 3.63) is 34.9 Å². The second-order valence-corrected chi connectivity index (χ2v) is 7.56. The molecule has 1 N–H and O–H groups in total. The summed E-state index contributed by atoms with van der Waals surface area (Å²) in [5, 5.41) is 12.3. The minimum Gasteiger partial charge on any atom is -0.323 e. The van der Waals surface area contributed by atoms with Gasteiger partial charge >= 0.3 is 0 Å². The first-order chi connectivity index (χ1) is 11.6. The van der Waals surface area contributed by atoms with E-state index in [9.17, 15) is 9.18 Å². The second-order valence-electron chi connectivity index (χ2n) is 6.18. The van der Waals surface area contributed by atoms with Crippen molar-refractivity contribution in [2.45, 2.75) is 42.8 Å². The molecule has 0 spiro atoms. The van der Waals surface area contributed by atoms with Gasteiger partial charge in [0.15, 0.2) is 5.16 Å². The summed E-state index contributed by atoms with van der Waals surface area (Å²) in [5.74, 6) is 0.944. The van der Waals surface area contributed by atoms with Gasteiger partial charge in [0.1, 0.15) is 11.6 Å². The number of hydrogen-bond donors (Lipinski definition) is 1. The Morgan fingerprint density at radius 3 is 2.83 bits per heavy atom. The maximum atomic E-state index is 13.7. The molecule has 0 radical (unpaired) electrons. The number of nitrogens with zero attached hydrogens (tertiary/aromatic N) is 3. The standard InChI is InChI=1S/C16H16ClFN4OS/c17-10-3-6-12(18)13(7-10)19-14(23)8-24-16-21-20-15(9-1-2-9)22(16)11-4-5-11/h3,6-7,9,11H,1-2,4-5,8H2,(H,19,23). The Bertz CT molecular complexity index is 788. The summed E-state index contributed by atoms with van der Waals surface area (Å²) < 4.78 is 15.9. The van der Waals surface area contributed by atoms with Crippen LogP contribution in [0.1, 0.15) is 43.5 Å². The number of carbonyl (C=O) groups excluding carboxylic acids is 1. The van der Waals surface area contributed by atoms with Crippen LogP contribution >= 0.6 is 23.4 Å². The Morgan fingerprint density at radius 2 is 2.12 bits per heavy atom. The molecule has 4 rings (SSSR count). The molecule has 1 aromatic heterocycles. The van der Waals surface area contributed by atoms with E-state index in [0.717, 1.165) is 23.8 Å². The Morgan fingerprint density at radius 1 is 1.33 bits per heavy atom. The number of thioether (sulfide) groups is 1. The fraction of sp³-hybridized carbons (Fsp3) is 0.438. The minimum absolute atomic E-state index is 0.0930. The number of nitrogens with one attached hydrogen (secondary N) is 1. The quantitative estimate of drug-likeness (QED) is 0.784. The largest absolute Gasteiger partial charge is 0.323 e. The van der Waals surface area contributed by atoms with Gasteiger partial charge in [0, 0.05) is 17.0 Å². The highest BCUT2D eigenvalue weighted by molar-refractivity contribution is 7.99. The highest BCUT2D eigenvalue weighted by atomic mass is 35.5. The van der Waals surface area contributed by atoms with Crippen molar-refractivity contribution >= 4 is 35.0 Å². The van der Waals surface area contributed by atoms with Crippen LogP contribution in [0.3, 0.4) is 0 Å². The molecule has 2 aliphatic carbocycles. The first-order valence-corrected chi connectivity index (χ1v) is 9.30. The predicted octanol–water partition coefficient (Wildman–Crippen LogP) is 4.01. The Labute approximate surface area is 148 Å². The molecule has 126 valence electrons. The number of aromatic nitrogens is 3. The lowest BCUT2D eigenvalue weighted by molar-refractivity contribution is -0.113. The fourth-order valence-corrected chi connectivity index (χ4v) is 3.58. The molecule has 2 saturated carbocycles. The Kier molecular flexibility index (Phi) is 4.22. The molecular weight excluding hydrogens is 351 g/mol. The molecular formula is C16H16ClFN4OS. The van der Waals surface area contributed by atoms with Crippen LogP contribution < -0.4 is 5.32 Å². The molecule has 1 aromatic carbocycles. The van der Waals surface area contributed by atoms with Crippen molar-refractivity contribution in [3.63, 3.8) is 0 Å². The van der Waals surface area contributed by atoms with E-state index >= 15 is 0 Å². The van der Waals surface area contributed by atoms with Gasteiger partial charge in [-0.05, 0) is 43.9 Å². The van der Waals surface area contributed by atoms with Gasteiger partial charge in [0.05, 0.1) is 11.4 Å². The van der Waals surface area contributed by atoms with Gasteiger partial charge in [-0.2, -0.15) is 0 Å². The summed E-state index contributed by atoms with van der Waals surface area (Å²) in [7, 11) is 0. The minimum atomic E-state index is -0.505. The van der Waals surface area contributed by atoms with E-state index < -0.39 is 5.82 Å². The van der Waals surface area contributed by atoms with E-state index in [0.29, 0.717) is 17.0 Å². The average Bonchev–Trinajstić information content (AvgIpc) is 3.47. The zero-order valence-electron chi connectivity index (χ0n) is 12.8. The SMILES string of the molecule is O=C(CSc1nnc(C2CC2)n1C1CC1)Nc1cc(Cl)ccc1F. The highest BCUT2D eigenvalue weighted by Crippen LogP contribution is 2.45. The zero-order valence-corrected chi connectivity index (χ0v) is 14.4. The second kappa shape index (κ2) is 6.37. The van der Waals surface area contributed by atoms with E-state index in [2.05, 4.69) is 20.1 Å². The Hall–Kier alpha value is -1.60. The summed E-state index contributed by atoms with van der Waals surface area (Å²) in [5.41, 5.74) is 0.0930. The van der Waals surface area contributed by atoms with Crippen molar-refractivity contribution in [2.75, 3.05) is 11.1 Å². The molecule has 2 fully saturated rings. The fourth-order valence-electron chi connectivity index (χ4n) is 2.59. The summed E-state index contributed by atoms with van der Waals surface area (Å²) >= 11 is 7.17. The predicted molar refractivity (Wildman–Crippen MR) is 91.0 cm³/mol. The number of hydrogen-bond acceptors (Lipinski definition) is 4. The topological polar surface area (TPSA) is 59.8 Å².